The summed E-state index contributed by atoms with van der Waals surface area (Å²) in [7, 11) is 0. The summed E-state index contributed by atoms with van der Waals surface area (Å²) in [6.45, 7) is 3.09. The molecular weight excluding hydrogens is 198 g/mol. The van der Waals surface area contributed by atoms with Gasteiger partial charge in [0.1, 0.15) is 0 Å². The molecule has 1 aromatic carbocycles. The van der Waals surface area contributed by atoms with Crippen LogP contribution in [0.4, 0.5) is 0 Å². The van der Waals surface area contributed by atoms with Crippen LogP contribution in [0.5, 0.6) is 0 Å². The van der Waals surface area contributed by atoms with Crippen LogP contribution in [0.25, 0.3) is 0 Å². The molecule has 0 radical (unpaired) electrons. The third kappa shape index (κ3) is 2.43. The minimum atomic E-state index is 0.232. The molecule has 1 aliphatic rings. The Balaban J connectivity index is 2.00. The molecule has 2 rings (SSSR count). The maximum atomic E-state index is 8.72. The van der Waals surface area contributed by atoms with E-state index >= 15 is 0 Å². The molecule has 0 aliphatic carbocycles. The van der Waals surface area contributed by atoms with Crippen molar-refractivity contribution in [3.05, 3.63) is 35.4 Å². The van der Waals surface area contributed by atoms with Crippen molar-refractivity contribution in [2.75, 3.05) is 6.61 Å². The zero-order valence-electron chi connectivity index (χ0n) is 9.65. The van der Waals surface area contributed by atoms with E-state index in [2.05, 4.69) is 13.0 Å². The van der Waals surface area contributed by atoms with E-state index in [1.54, 1.807) is 0 Å². The predicted molar refractivity (Wildman–Crippen MR) is 62.9 cm³/mol. The summed E-state index contributed by atoms with van der Waals surface area (Å²) < 4.78 is 5.86. The second-order valence-corrected chi connectivity index (χ2v) is 4.41. The Morgan fingerprint density at radius 2 is 2.06 bits per heavy atom. The van der Waals surface area contributed by atoms with Gasteiger partial charge in [0.25, 0.3) is 0 Å². The van der Waals surface area contributed by atoms with E-state index in [0.29, 0.717) is 5.56 Å². The fraction of sp³-hybridized carbons (Fsp3) is 0.500. The Hall–Kier alpha value is -1.33. The minimum absolute atomic E-state index is 0.232. The highest BCUT2D eigenvalue weighted by Gasteiger charge is 2.21. The molecule has 0 N–H and O–H groups in total. The normalized spacial score (nSPS) is 25.0. The highest BCUT2D eigenvalue weighted by atomic mass is 16.5. The van der Waals surface area contributed by atoms with Gasteiger partial charge in [-0.15, -0.1) is 0 Å². The van der Waals surface area contributed by atoms with Gasteiger partial charge in [0.05, 0.1) is 24.3 Å². The summed E-state index contributed by atoms with van der Waals surface area (Å²) in [4.78, 5) is 0. The fourth-order valence-corrected chi connectivity index (χ4v) is 2.16. The van der Waals surface area contributed by atoms with Gasteiger partial charge in [-0.3, -0.25) is 0 Å². The maximum absolute atomic E-state index is 8.72. The first-order chi connectivity index (χ1) is 7.83. The first kappa shape index (κ1) is 11.2. The van der Waals surface area contributed by atoms with Gasteiger partial charge >= 0.3 is 0 Å². The number of ether oxygens (including phenoxy) is 1. The summed E-state index contributed by atoms with van der Waals surface area (Å²) in [5.74, 6) is 0.731. The molecule has 1 saturated heterocycles. The zero-order valence-corrected chi connectivity index (χ0v) is 9.65. The molecule has 1 fully saturated rings. The molecule has 1 heterocycles. The number of nitrogens with zero attached hydrogens (tertiary/aromatic N) is 1. The smallest absolute Gasteiger partial charge is 0.0991 e. The van der Waals surface area contributed by atoms with Gasteiger partial charge in [-0.2, -0.15) is 5.26 Å². The Labute approximate surface area is 96.9 Å². The topological polar surface area (TPSA) is 33.0 Å². The van der Waals surface area contributed by atoms with Crippen molar-refractivity contribution in [3.8, 4) is 6.07 Å². The van der Waals surface area contributed by atoms with E-state index in [9.17, 15) is 0 Å². The van der Waals surface area contributed by atoms with E-state index in [1.165, 1.54) is 18.4 Å². The Bertz CT molecular complexity index is 369. The Kier molecular flexibility index (Phi) is 3.58. The predicted octanol–water partition coefficient (Wildman–Crippen LogP) is 3.44. The van der Waals surface area contributed by atoms with Crippen molar-refractivity contribution in [1.29, 1.82) is 5.26 Å². The van der Waals surface area contributed by atoms with E-state index in [4.69, 9.17) is 10.00 Å². The van der Waals surface area contributed by atoms with Crippen LogP contribution in [0.3, 0.4) is 0 Å². The molecule has 84 valence electrons. The monoisotopic (exact) mass is 215 g/mol. The summed E-state index contributed by atoms with van der Waals surface area (Å²) in [6, 6.07) is 9.88. The molecule has 0 amide bonds. The lowest BCUT2D eigenvalue weighted by molar-refractivity contribution is -0.0180. The van der Waals surface area contributed by atoms with Crippen LogP contribution < -0.4 is 0 Å². The number of hydrogen-bond acceptors (Lipinski definition) is 2. The molecule has 2 heteroatoms. The molecule has 0 saturated carbocycles. The second kappa shape index (κ2) is 5.14. The lowest BCUT2D eigenvalue weighted by atomic mass is 9.93. The Morgan fingerprint density at radius 1 is 1.31 bits per heavy atom. The molecule has 0 aromatic heterocycles. The van der Waals surface area contributed by atoms with Gasteiger partial charge in [-0.1, -0.05) is 25.5 Å². The zero-order chi connectivity index (χ0) is 11.4. The molecule has 16 heavy (non-hydrogen) atoms. The van der Waals surface area contributed by atoms with Gasteiger partial charge in [0.2, 0.25) is 0 Å². The Morgan fingerprint density at radius 3 is 2.56 bits per heavy atom. The molecule has 1 aromatic rings. The van der Waals surface area contributed by atoms with Gasteiger partial charge in [-0.25, -0.2) is 0 Å². The quantitative estimate of drug-likeness (QED) is 0.757. The van der Waals surface area contributed by atoms with Gasteiger partial charge in [0, 0.05) is 0 Å². The maximum Gasteiger partial charge on any atom is 0.0991 e. The molecule has 2 atom stereocenters. The van der Waals surface area contributed by atoms with E-state index < -0.39 is 0 Å². The molecule has 2 nitrogen and oxygen atoms in total. The lowest BCUT2D eigenvalue weighted by Crippen LogP contribution is -2.20. The second-order valence-electron chi connectivity index (χ2n) is 4.41. The van der Waals surface area contributed by atoms with Crippen molar-refractivity contribution in [3.63, 3.8) is 0 Å². The highest BCUT2D eigenvalue weighted by Crippen LogP contribution is 2.31. The van der Waals surface area contributed by atoms with E-state index in [-0.39, 0.29) is 6.10 Å². The van der Waals surface area contributed by atoms with Crippen LogP contribution in [-0.4, -0.2) is 6.61 Å². The van der Waals surface area contributed by atoms with Crippen molar-refractivity contribution in [2.24, 2.45) is 5.92 Å². The average molecular weight is 215 g/mol. The SMILES string of the molecule is CCC1CCC(c2ccc(C#N)cc2)OC1. The van der Waals surface area contributed by atoms with Crippen LogP contribution >= 0.6 is 0 Å². The van der Waals surface area contributed by atoms with Gasteiger partial charge in [0.15, 0.2) is 0 Å². The number of benzene rings is 1. The van der Waals surface area contributed by atoms with Crippen LogP contribution in [0, 0.1) is 17.2 Å². The fourth-order valence-electron chi connectivity index (χ4n) is 2.16. The molecular formula is C14H17NO. The number of rotatable bonds is 2. The largest absolute Gasteiger partial charge is 0.373 e. The summed E-state index contributed by atoms with van der Waals surface area (Å²) in [5, 5.41) is 8.72. The van der Waals surface area contributed by atoms with Gasteiger partial charge in [-0.05, 0) is 36.5 Å². The van der Waals surface area contributed by atoms with Crippen molar-refractivity contribution in [2.45, 2.75) is 32.3 Å². The van der Waals surface area contributed by atoms with Crippen molar-refractivity contribution >= 4 is 0 Å². The van der Waals surface area contributed by atoms with Crippen LogP contribution in [0.1, 0.15) is 43.4 Å². The standard InChI is InChI=1S/C14H17NO/c1-2-11-5-8-14(16-10-11)13-6-3-12(9-15)4-7-13/h3-4,6-7,11,14H,2,5,8,10H2,1H3. The third-order valence-electron chi connectivity index (χ3n) is 3.36. The highest BCUT2D eigenvalue weighted by molar-refractivity contribution is 5.32. The van der Waals surface area contributed by atoms with E-state index in [0.717, 1.165) is 18.9 Å². The van der Waals surface area contributed by atoms with Crippen molar-refractivity contribution in [1.82, 2.24) is 0 Å². The number of nitriles is 1. The lowest BCUT2D eigenvalue weighted by Gasteiger charge is -2.28. The van der Waals surface area contributed by atoms with Crippen LogP contribution in [-0.2, 0) is 4.74 Å². The molecule has 0 spiro atoms. The van der Waals surface area contributed by atoms with E-state index in [1.807, 2.05) is 24.3 Å². The minimum Gasteiger partial charge on any atom is -0.373 e. The molecule has 1 aliphatic heterocycles. The molecule has 0 bridgehead atoms. The first-order valence-corrected chi connectivity index (χ1v) is 5.95. The average Bonchev–Trinajstić information content (AvgIpc) is 2.39. The van der Waals surface area contributed by atoms with Gasteiger partial charge < -0.3 is 4.74 Å². The van der Waals surface area contributed by atoms with Crippen LogP contribution in [0.15, 0.2) is 24.3 Å². The summed E-state index contributed by atoms with van der Waals surface area (Å²) >= 11 is 0. The molecule has 2 unspecified atom stereocenters. The third-order valence-corrected chi connectivity index (χ3v) is 3.36. The summed E-state index contributed by atoms with van der Waals surface area (Å²) in [5.41, 5.74) is 1.92. The van der Waals surface area contributed by atoms with Crippen molar-refractivity contribution < 1.29 is 4.74 Å². The first-order valence-electron chi connectivity index (χ1n) is 5.95. The summed E-state index contributed by atoms with van der Waals surface area (Å²) in [6.07, 6.45) is 3.79. The van der Waals surface area contributed by atoms with Crippen LogP contribution in [0.2, 0.25) is 0 Å². The number of hydrogen-bond donors (Lipinski definition) is 0.